The molecule has 7 heteroatoms. The Hall–Kier alpha value is -2.02. The van der Waals surface area contributed by atoms with Gasteiger partial charge in [0.1, 0.15) is 24.1 Å². The summed E-state index contributed by atoms with van der Waals surface area (Å²) in [6, 6.07) is 14.0. The van der Waals surface area contributed by atoms with Crippen LogP contribution in [-0.4, -0.2) is 60.6 Å². The molecule has 2 aromatic rings. The van der Waals surface area contributed by atoms with Crippen LogP contribution in [0, 0.1) is 0 Å². The molecule has 2 aliphatic heterocycles. The van der Waals surface area contributed by atoms with E-state index in [9.17, 15) is 9.90 Å². The maximum absolute atomic E-state index is 11.3. The van der Waals surface area contributed by atoms with Crippen molar-refractivity contribution in [3.63, 3.8) is 0 Å². The summed E-state index contributed by atoms with van der Waals surface area (Å²) in [5.74, 6) is 0.795. The molecule has 1 unspecified atom stereocenters. The normalized spacial score (nSPS) is 20.0. The third kappa shape index (κ3) is 4.46. The topological polar surface area (TPSA) is 71.0 Å². The molecule has 2 N–H and O–H groups in total. The first-order valence-electron chi connectivity index (χ1n) is 9.11. The second kappa shape index (κ2) is 8.33. The molecule has 0 radical (unpaired) electrons. The third-order valence-corrected chi connectivity index (χ3v) is 5.28. The van der Waals surface area contributed by atoms with Crippen LogP contribution in [-0.2, 0) is 4.74 Å². The lowest BCUT2D eigenvalue weighted by atomic mass is 9.91. The van der Waals surface area contributed by atoms with E-state index in [4.69, 9.17) is 9.47 Å². The van der Waals surface area contributed by atoms with Crippen LogP contribution < -0.4 is 10.1 Å². The highest BCUT2D eigenvalue weighted by atomic mass is 35.5. The van der Waals surface area contributed by atoms with Gasteiger partial charge in [0.25, 0.3) is 0 Å². The predicted octanol–water partition coefficient (Wildman–Crippen LogP) is 2.58. The van der Waals surface area contributed by atoms with Gasteiger partial charge in [0, 0.05) is 37.9 Å². The number of amides is 1. The number of fused-ring (bicyclic) bond motifs is 1. The number of benzene rings is 2. The highest BCUT2D eigenvalue weighted by Crippen LogP contribution is 2.29. The van der Waals surface area contributed by atoms with Gasteiger partial charge in [-0.05, 0) is 11.5 Å². The second-order valence-corrected chi connectivity index (χ2v) is 7.17. The number of likely N-dealkylation sites (tertiary alicyclic amines) is 1. The summed E-state index contributed by atoms with van der Waals surface area (Å²) in [4.78, 5) is 13.5. The van der Waals surface area contributed by atoms with Crippen LogP contribution in [0.4, 0.5) is 4.79 Å². The van der Waals surface area contributed by atoms with Crippen LogP contribution in [0.25, 0.3) is 10.8 Å². The summed E-state index contributed by atoms with van der Waals surface area (Å²) >= 11 is 0. The number of β-amino-alcohol motifs (C(OH)–C–C–N with tert-alkyl or cyclic N) is 1. The summed E-state index contributed by atoms with van der Waals surface area (Å²) in [7, 11) is 0. The standard InChI is InChI=1S/C20H24N2O4.ClH/c23-16(12-22-10-8-20(9-11-22)14-21-19(24)26-20)13-25-18-7-3-5-15-4-1-2-6-17(15)18;/h1-7,16,23H,8-14H2,(H,21,24);1H. The molecule has 2 saturated heterocycles. The molecule has 2 fully saturated rings. The van der Waals surface area contributed by atoms with Gasteiger partial charge in [-0.2, -0.15) is 0 Å². The van der Waals surface area contributed by atoms with Crippen molar-refractivity contribution in [3.05, 3.63) is 42.5 Å². The third-order valence-electron chi connectivity index (χ3n) is 5.28. The van der Waals surface area contributed by atoms with Gasteiger partial charge in [-0.3, -0.25) is 0 Å². The maximum Gasteiger partial charge on any atom is 0.407 e. The zero-order valence-corrected chi connectivity index (χ0v) is 15.9. The molecule has 0 saturated carbocycles. The van der Waals surface area contributed by atoms with E-state index in [1.54, 1.807) is 0 Å². The molecule has 1 spiro atoms. The number of carbonyl (C=O) groups excluding carboxylic acids is 1. The van der Waals surface area contributed by atoms with E-state index in [0.29, 0.717) is 13.1 Å². The van der Waals surface area contributed by atoms with Crippen molar-refractivity contribution in [2.24, 2.45) is 0 Å². The lowest BCUT2D eigenvalue weighted by Crippen LogP contribution is -2.49. The minimum atomic E-state index is -0.563. The average molecular weight is 393 g/mol. The zero-order chi connectivity index (χ0) is 18.0. The minimum Gasteiger partial charge on any atom is -0.490 e. The number of rotatable bonds is 5. The molecular formula is C20H25ClN2O4. The Labute approximate surface area is 164 Å². The van der Waals surface area contributed by atoms with Gasteiger partial charge in [0.05, 0.1) is 6.54 Å². The van der Waals surface area contributed by atoms with E-state index in [1.165, 1.54) is 0 Å². The van der Waals surface area contributed by atoms with Gasteiger partial charge in [-0.1, -0.05) is 36.4 Å². The van der Waals surface area contributed by atoms with E-state index in [0.717, 1.165) is 42.5 Å². The number of halogens is 1. The number of ether oxygens (including phenoxy) is 2. The number of aliphatic hydroxyl groups excluding tert-OH is 1. The first-order chi connectivity index (χ1) is 12.6. The van der Waals surface area contributed by atoms with E-state index in [2.05, 4.69) is 10.2 Å². The van der Waals surface area contributed by atoms with E-state index >= 15 is 0 Å². The number of aliphatic hydroxyl groups is 1. The Bertz CT molecular complexity index is 787. The monoisotopic (exact) mass is 392 g/mol. The van der Waals surface area contributed by atoms with E-state index < -0.39 is 6.10 Å². The van der Waals surface area contributed by atoms with Crippen LogP contribution in [0.2, 0.25) is 0 Å². The Balaban J connectivity index is 0.00000210. The smallest absolute Gasteiger partial charge is 0.407 e. The van der Waals surface area contributed by atoms with Crippen molar-refractivity contribution in [1.29, 1.82) is 0 Å². The zero-order valence-electron chi connectivity index (χ0n) is 15.1. The quantitative estimate of drug-likeness (QED) is 0.818. The number of hydrogen-bond donors (Lipinski definition) is 2. The molecule has 1 amide bonds. The van der Waals surface area contributed by atoms with Crippen molar-refractivity contribution in [3.8, 4) is 5.75 Å². The lowest BCUT2D eigenvalue weighted by Gasteiger charge is -2.37. The van der Waals surface area contributed by atoms with Crippen LogP contribution in [0.1, 0.15) is 12.8 Å². The molecule has 6 nitrogen and oxygen atoms in total. The fourth-order valence-corrected chi connectivity index (χ4v) is 3.78. The first-order valence-corrected chi connectivity index (χ1v) is 9.11. The SMILES string of the molecule is Cl.O=C1NCC2(CCN(CC(O)COc3cccc4ccccc34)CC2)O1. The van der Waals surface area contributed by atoms with Gasteiger partial charge in [-0.25, -0.2) is 4.79 Å². The molecule has 2 heterocycles. The molecule has 0 aliphatic carbocycles. The van der Waals surface area contributed by atoms with Gasteiger partial charge >= 0.3 is 6.09 Å². The number of nitrogens with one attached hydrogen (secondary N) is 1. The van der Waals surface area contributed by atoms with Gasteiger partial charge in [0.15, 0.2) is 0 Å². The Morgan fingerprint density at radius 1 is 1.19 bits per heavy atom. The molecule has 2 aromatic carbocycles. The Morgan fingerprint density at radius 2 is 1.93 bits per heavy atom. The summed E-state index contributed by atoms with van der Waals surface area (Å²) in [6.45, 7) is 3.02. The van der Waals surface area contributed by atoms with E-state index in [1.807, 2.05) is 42.5 Å². The molecule has 0 aromatic heterocycles. The molecule has 0 bridgehead atoms. The Kier molecular flexibility index (Phi) is 6.09. The fraction of sp³-hybridized carbons (Fsp3) is 0.450. The van der Waals surface area contributed by atoms with E-state index in [-0.39, 0.29) is 30.7 Å². The van der Waals surface area contributed by atoms with Crippen molar-refractivity contribution in [2.45, 2.75) is 24.5 Å². The summed E-state index contributed by atoms with van der Waals surface area (Å²) in [6.07, 6.45) is 0.708. The largest absolute Gasteiger partial charge is 0.490 e. The molecular weight excluding hydrogens is 368 g/mol. The van der Waals surface area contributed by atoms with Gasteiger partial charge < -0.3 is 24.8 Å². The molecule has 4 rings (SSSR count). The number of hydrogen-bond acceptors (Lipinski definition) is 5. The Morgan fingerprint density at radius 3 is 2.67 bits per heavy atom. The summed E-state index contributed by atoms with van der Waals surface area (Å²) in [5.41, 5.74) is -0.349. The fourth-order valence-electron chi connectivity index (χ4n) is 3.78. The highest BCUT2D eigenvalue weighted by molar-refractivity contribution is 5.88. The molecule has 146 valence electrons. The lowest BCUT2D eigenvalue weighted by molar-refractivity contribution is -0.0141. The van der Waals surface area contributed by atoms with Crippen LogP contribution in [0.15, 0.2) is 42.5 Å². The predicted molar refractivity (Wildman–Crippen MR) is 106 cm³/mol. The highest BCUT2D eigenvalue weighted by Gasteiger charge is 2.42. The minimum absolute atomic E-state index is 0. The van der Waals surface area contributed by atoms with Gasteiger partial charge in [-0.15, -0.1) is 12.4 Å². The van der Waals surface area contributed by atoms with Crippen LogP contribution in [0.3, 0.4) is 0 Å². The number of piperidine rings is 1. The van der Waals surface area contributed by atoms with Crippen molar-refractivity contribution in [2.75, 3.05) is 32.8 Å². The van der Waals surface area contributed by atoms with Crippen LogP contribution in [0.5, 0.6) is 5.75 Å². The first kappa shape index (κ1) is 19.7. The molecule has 27 heavy (non-hydrogen) atoms. The molecule has 2 aliphatic rings. The van der Waals surface area contributed by atoms with Crippen molar-refractivity contribution >= 4 is 29.3 Å². The average Bonchev–Trinajstić information content (AvgIpc) is 3.02. The number of alkyl carbamates (subject to hydrolysis) is 1. The van der Waals surface area contributed by atoms with Crippen molar-refractivity contribution in [1.82, 2.24) is 10.2 Å². The summed E-state index contributed by atoms with van der Waals surface area (Å²) < 4.78 is 11.3. The van der Waals surface area contributed by atoms with Crippen molar-refractivity contribution < 1.29 is 19.4 Å². The number of carbonyl (C=O) groups is 1. The van der Waals surface area contributed by atoms with Gasteiger partial charge in [0.2, 0.25) is 0 Å². The summed E-state index contributed by atoms with van der Waals surface area (Å²) in [5, 5.41) is 15.3. The second-order valence-electron chi connectivity index (χ2n) is 7.17. The van der Waals surface area contributed by atoms with Crippen LogP contribution >= 0.6 is 12.4 Å². The number of nitrogens with zero attached hydrogens (tertiary/aromatic N) is 1. The molecule has 1 atom stereocenters. The maximum atomic E-state index is 11.3.